The summed E-state index contributed by atoms with van der Waals surface area (Å²) in [4.78, 5) is 2.32. The first-order chi connectivity index (χ1) is 10.3. The van der Waals surface area contributed by atoms with Crippen molar-refractivity contribution in [1.82, 2.24) is 10.2 Å². The van der Waals surface area contributed by atoms with Crippen LogP contribution in [0, 0.1) is 17.2 Å². The van der Waals surface area contributed by atoms with Gasteiger partial charge < -0.3 is 4.90 Å². The van der Waals surface area contributed by atoms with Gasteiger partial charge in [-0.2, -0.15) is 5.26 Å². The van der Waals surface area contributed by atoms with Gasteiger partial charge in [0.2, 0.25) is 0 Å². The summed E-state index contributed by atoms with van der Waals surface area (Å²) >= 11 is 0. The van der Waals surface area contributed by atoms with Gasteiger partial charge in [0.25, 0.3) is 0 Å². The molecule has 1 aliphatic rings. The van der Waals surface area contributed by atoms with Crippen molar-refractivity contribution in [3.63, 3.8) is 0 Å². The van der Waals surface area contributed by atoms with Crippen LogP contribution < -0.4 is 4.90 Å². The standard InChI is InChI=1S/C17H18N4/c1-13-7-9-16(14-5-3-2-4-6-14)21(12-13)17-10-8-15(11-18)19-20-17/h2-6,8,10,13,16H,7,9,12H2,1H3. The number of aromatic nitrogens is 2. The molecule has 0 bridgehead atoms. The number of anilines is 1. The van der Waals surface area contributed by atoms with Gasteiger partial charge in [0.1, 0.15) is 6.07 Å². The Labute approximate surface area is 125 Å². The lowest BCUT2D eigenvalue weighted by Crippen LogP contribution is -2.38. The number of piperidine rings is 1. The Morgan fingerprint density at radius 3 is 2.57 bits per heavy atom. The van der Waals surface area contributed by atoms with Gasteiger partial charge in [-0.25, -0.2) is 0 Å². The van der Waals surface area contributed by atoms with Crippen LogP contribution in [0.5, 0.6) is 0 Å². The molecule has 21 heavy (non-hydrogen) atoms. The summed E-state index contributed by atoms with van der Waals surface area (Å²) in [6.45, 7) is 3.24. The highest BCUT2D eigenvalue weighted by molar-refractivity contribution is 5.43. The summed E-state index contributed by atoms with van der Waals surface area (Å²) < 4.78 is 0. The van der Waals surface area contributed by atoms with Gasteiger partial charge in [-0.05, 0) is 36.5 Å². The molecule has 0 spiro atoms. The van der Waals surface area contributed by atoms with Gasteiger partial charge in [-0.3, -0.25) is 0 Å². The van der Waals surface area contributed by atoms with Crippen molar-refractivity contribution in [2.45, 2.75) is 25.8 Å². The minimum absolute atomic E-state index is 0.338. The van der Waals surface area contributed by atoms with Crippen LogP contribution in [0.1, 0.15) is 37.1 Å². The van der Waals surface area contributed by atoms with E-state index in [1.807, 2.05) is 18.2 Å². The van der Waals surface area contributed by atoms with Crippen LogP contribution in [-0.4, -0.2) is 16.7 Å². The Bertz CT molecular complexity index is 630. The van der Waals surface area contributed by atoms with Crippen LogP contribution in [0.3, 0.4) is 0 Å². The van der Waals surface area contributed by atoms with E-state index in [2.05, 4.69) is 46.3 Å². The van der Waals surface area contributed by atoms with Crippen molar-refractivity contribution in [2.75, 3.05) is 11.4 Å². The average Bonchev–Trinajstić information content (AvgIpc) is 2.56. The van der Waals surface area contributed by atoms with Crippen LogP contribution in [0.4, 0.5) is 5.82 Å². The first-order valence-electron chi connectivity index (χ1n) is 7.33. The maximum absolute atomic E-state index is 8.84. The van der Waals surface area contributed by atoms with Gasteiger partial charge in [0.05, 0.1) is 6.04 Å². The fourth-order valence-electron chi connectivity index (χ4n) is 2.97. The molecule has 0 aliphatic carbocycles. The van der Waals surface area contributed by atoms with E-state index in [1.165, 1.54) is 12.0 Å². The number of nitrogens with zero attached hydrogens (tertiary/aromatic N) is 4. The molecule has 4 nitrogen and oxygen atoms in total. The first kappa shape index (κ1) is 13.6. The molecule has 2 atom stereocenters. The van der Waals surface area contributed by atoms with Crippen LogP contribution in [0.15, 0.2) is 42.5 Å². The molecule has 1 fully saturated rings. The molecule has 1 aromatic carbocycles. The molecular weight excluding hydrogens is 260 g/mol. The molecule has 1 aliphatic heterocycles. The molecule has 1 aromatic heterocycles. The van der Waals surface area contributed by atoms with E-state index >= 15 is 0 Å². The quantitative estimate of drug-likeness (QED) is 0.845. The van der Waals surface area contributed by atoms with Gasteiger partial charge in [-0.1, -0.05) is 37.3 Å². The Morgan fingerprint density at radius 1 is 1.10 bits per heavy atom. The maximum Gasteiger partial charge on any atom is 0.163 e. The van der Waals surface area contributed by atoms with Crippen molar-refractivity contribution in [3.8, 4) is 6.07 Å². The summed E-state index contributed by atoms with van der Waals surface area (Å²) in [6, 6.07) is 16.5. The molecule has 0 radical (unpaired) electrons. The van der Waals surface area contributed by atoms with E-state index in [1.54, 1.807) is 6.07 Å². The van der Waals surface area contributed by atoms with Crippen LogP contribution in [0.2, 0.25) is 0 Å². The van der Waals surface area contributed by atoms with Crippen LogP contribution in [-0.2, 0) is 0 Å². The molecule has 0 N–H and O–H groups in total. The summed E-state index contributed by atoms with van der Waals surface area (Å²) in [5, 5.41) is 17.1. The number of nitriles is 1. The highest BCUT2D eigenvalue weighted by Gasteiger charge is 2.28. The summed E-state index contributed by atoms with van der Waals surface area (Å²) in [5.41, 5.74) is 1.68. The maximum atomic E-state index is 8.84. The minimum atomic E-state index is 0.338. The summed E-state index contributed by atoms with van der Waals surface area (Å²) in [6.07, 6.45) is 2.34. The number of hydrogen-bond donors (Lipinski definition) is 0. The zero-order valence-electron chi connectivity index (χ0n) is 12.1. The van der Waals surface area contributed by atoms with Crippen molar-refractivity contribution < 1.29 is 0 Å². The second-order valence-electron chi connectivity index (χ2n) is 5.65. The molecular formula is C17H18N4. The summed E-state index contributed by atoms with van der Waals surface area (Å²) in [7, 11) is 0. The zero-order chi connectivity index (χ0) is 14.7. The van der Waals surface area contributed by atoms with Crippen LogP contribution in [0.25, 0.3) is 0 Å². The lowest BCUT2D eigenvalue weighted by molar-refractivity contribution is 0.378. The van der Waals surface area contributed by atoms with E-state index in [9.17, 15) is 0 Å². The predicted molar refractivity (Wildman–Crippen MR) is 81.7 cm³/mol. The van der Waals surface area contributed by atoms with E-state index in [4.69, 9.17) is 5.26 Å². The number of rotatable bonds is 2. The molecule has 2 heterocycles. The fraction of sp³-hybridized carbons (Fsp3) is 0.353. The molecule has 1 saturated heterocycles. The van der Waals surface area contributed by atoms with Crippen molar-refractivity contribution in [2.24, 2.45) is 5.92 Å². The second-order valence-corrected chi connectivity index (χ2v) is 5.65. The third kappa shape index (κ3) is 2.87. The topological polar surface area (TPSA) is 52.8 Å². The lowest BCUT2D eigenvalue weighted by Gasteiger charge is -2.39. The Balaban J connectivity index is 1.93. The van der Waals surface area contributed by atoms with E-state index < -0.39 is 0 Å². The largest absolute Gasteiger partial charge is 0.348 e. The molecule has 3 rings (SSSR count). The highest BCUT2D eigenvalue weighted by atomic mass is 15.3. The van der Waals surface area contributed by atoms with Crippen molar-refractivity contribution in [1.29, 1.82) is 5.26 Å². The predicted octanol–water partition coefficient (Wildman–Crippen LogP) is 3.33. The third-order valence-electron chi connectivity index (χ3n) is 4.06. The molecule has 106 valence electrons. The fourth-order valence-corrected chi connectivity index (χ4v) is 2.97. The van der Waals surface area contributed by atoms with Crippen molar-refractivity contribution >= 4 is 5.82 Å². The number of hydrogen-bond acceptors (Lipinski definition) is 4. The Hall–Kier alpha value is -2.41. The number of benzene rings is 1. The van der Waals surface area contributed by atoms with Gasteiger partial charge in [0.15, 0.2) is 11.5 Å². The monoisotopic (exact) mass is 278 g/mol. The highest BCUT2D eigenvalue weighted by Crippen LogP contribution is 2.35. The molecule has 0 saturated carbocycles. The van der Waals surface area contributed by atoms with Gasteiger partial charge in [0, 0.05) is 6.54 Å². The normalized spacial score (nSPS) is 21.8. The van der Waals surface area contributed by atoms with Gasteiger partial charge in [-0.15, -0.1) is 10.2 Å². The molecule has 2 aromatic rings. The Morgan fingerprint density at radius 2 is 1.90 bits per heavy atom. The van der Waals surface area contributed by atoms with Crippen molar-refractivity contribution in [3.05, 3.63) is 53.7 Å². The van der Waals surface area contributed by atoms with E-state index in [0.717, 1.165) is 18.8 Å². The van der Waals surface area contributed by atoms with E-state index in [0.29, 0.717) is 17.7 Å². The first-order valence-corrected chi connectivity index (χ1v) is 7.33. The zero-order valence-corrected chi connectivity index (χ0v) is 12.1. The Kier molecular flexibility index (Phi) is 3.83. The van der Waals surface area contributed by atoms with Crippen LogP contribution >= 0.6 is 0 Å². The molecule has 0 amide bonds. The van der Waals surface area contributed by atoms with Gasteiger partial charge >= 0.3 is 0 Å². The van der Waals surface area contributed by atoms with E-state index in [-0.39, 0.29) is 0 Å². The SMILES string of the molecule is CC1CCC(c2ccccc2)N(c2ccc(C#N)nn2)C1. The summed E-state index contributed by atoms with van der Waals surface area (Å²) in [5.74, 6) is 1.50. The smallest absolute Gasteiger partial charge is 0.163 e. The second kappa shape index (κ2) is 5.92. The molecule has 4 heteroatoms. The lowest BCUT2D eigenvalue weighted by atomic mass is 9.90. The molecule has 2 unspecified atom stereocenters. The minimum Gasteiger partial charge on any atom is -0.348 e. The third-order valence-corrected chi connectivity index (χ3v) is 4.06. The average molecular weight is 278 g/mol.